The van der Waals surface area contributed by atoms with Gasteiger partial charge in [-0.25, -0.2) is 4.79 Å². The zero-order chi connectivity index (χ0) is 17.6. The molecule has 6 nitrogen and oxygen atoms in total. The van der Waals surface area contributed by atoms with Crippen molar-refractivity contribution < 1.29 is 19.1 Å². The Kier molecular flexibility index (Phi) is 5.68. The third-order valence-electron chi connectivity index (χ3n) is 4.86. The molecular weight excluding hydrogens is 320 g/mol. The van der Waals surface area contributed by atoms with Gasteiger partial charge in [0, 0.05) is 18.2 Å². The van der Waals surface area contributed by atoms with Gasteiger partial charge in [-0.3, -0.25) is 9.59 Å². The Morgan fingerprint density at radius 1 is 1.08 bits per heavy atom. The van der Waals surface area contributed by atoms with E-state index < -0.39 is 12.0 Å². The monoisotopic (exact) mass is 344 g/mol. The Morgan fingerprint density at radius 3 is 2.44 bits per heavy atom. The summed E-state index contributed by atoms with van der Waals surface area (Å²) >= 11 is 0. The highest BCUT2D eigenvalue weighted by Crippen LogP contribution is 2.27. The van der Waals surface area contributed by atoms with Gasteiger partial charge in [0.2, 0.25) is 5.91 Å². The van der Waals surface area contributed by atoms with Crippen molar-refractivity contribution in [2.75, 3.05) is 11.5 Å². The molecule has 2 aliphatic rings. The van der Waals surface area contributed by atoms with Crippen LogP contribution in [0.2, 0.25) is 0 Å². The summed E-state index contributed by atoms with van der Waals surface area (Å²) < 4.78 is 5.18. The van der Waals surface area contributed by atoms with Gasteiger partial charge in [-0.05, 0) is 31.4 Å². The van der Waals surface area contributed by atoms with Crippen LogP contribution < -0.4 is 10.2 Å². The van der Waals surface area contributed by atoms with Crippen LogP contribution in [0.25, 0.3) is 0 Å². The second kappa shape index (κ2) is 8.14. The standard InChI is InChI=1S/C19H24N2O4/c22-17-12-11-16(20-17)19(24)25-13-18(23)21(14-7-3-1-4-8-14)15-9-5-2-6-10-15/h1,3-4,7-8,15-16H,2,5-6,9-13H2,(H,20,22)/t16-/m1/s1. The van der Waals surface area contributed by atoms with E-state index in [9.17, 15) is 14.4 Å². The highest BCUT2D eigenvalue weighted by molar-refractivity contribution is 5.96. The molecule has 1 aromatic carbocycles. The van der Waals surface area contributed by atoms with Crippen molar-refractivity contribution in [2.45, 2.75) is 57.0 Å². The van der Waals surface area contributed by atoms with Gasteiger partial charge >= 0.3 is 5.97 Å². The topological polar surface area (TPSA) is 75.7 Å². The first-order valence-electron chi connectivity index (χ1n) is 8.98. The van der Waals surface area contributed by atoms with Crippen LogP contribution in [0.5, 0.6) is 0 Å². The Bertz CT molecular complexity index is 626. The summed E-state index contributed by atoms with van der Waals surface area (Å²) in [5.41, 5.74) is 0.838. The number of anilines is 1. The highest BCUT2D eigenvalue weighted by Gasteiger charge is 2.31. The summed E-state index contributed by atoms with van der Waals surface area (Å²) in [6.07, 6.45) is 6.09. The molecule has 1 atom stereocenters. The summed E-state index contributed by atoms with van der Waals surface area (Å²) in [5.74, 6) is -0.895. The molecule has 134 valence electrons. The van der Waals surface area contributed by atoms with Gasteiger partial charge in [-0.15, -0.1) is 0 Å². The first-order chi connectivity index (χ1) is 12.1. The minimum atomic E-state index is -0.625. The molecule has 2 fully saturated rings. The van der Waals surface area contributed by atoms with Crippen molar-refractivity contribution in [3.05, 3.63) is 30.3 Å². The average Bonchev–Trinajstić information content (AvgIpc) is 3.08. The van der Waals surface area contributed by atoms with Gasteiger partial charge in [0.05, 0.1) is 0 Å². The lowest BCUT2D eigenvalue weighted by atomic mass is 9.93. The summed E-state index contributed by atoms with van der Waals surface area (Å²) in [6.45, 7) is -0.295. The van der Waals surface area contributed by atoms with Crippen LogP contribution in [0.1, 0.15) is 44.9 Å². The molecule has 1 heterocycles. The van der Waals surface area contributed by atoms with Gasteiger partial charge in [0.1, 0.15) is 6.04 Å². The summed E-state index contributed by atoms with van der Waals surface area (Å²) in [7, 11) is 0. The smallest absolute Gasteiger partial charge is 0.329 e. The molecule has 1 aliphatic heterocycles. The summed E-state index contributed by atoms with van der Waals surface area (Å²) in [5, 5.41) is 2.56. The fraction of sp³-hybridized carbons (Fsp3) is 0.526. The maximum absolute atomic E-state index is 12.8. The number of esters is 1. The predicted molar refractivity (Wildman–Crippen MR) is 92.9 cm³/mol. The van der Waals surface area contributed by atoms with Crippen LogP contribution in [-0.4, -0.2) is 36.5 Å². The second-order valence-corrected chi connectivity index (χ2v) is 6.66. The normalized spacial score (nSPS) is 20.8. The Morgan fingerprint density at radius 2 is 1.80 bits per heavy atom. The molecule has 0 radical (unpaired) electrons. The Labute approximate surface area is 147 Å². The number of hydrogen-bond acceptors (Lipinski definition) is 4. The van der Waals surface area contributed by atoms with E-state index >= 15 is 0 Å². The molecule has 1 N–H and O–H groups in total. The number of carbonyl (C=O) groups excluding carboxylic acids is 3. The second-order valence-electron chi connectivity index (χ2n) is 6.66. The highest BCUT2D eigenvalue weighted by atomic mass is 16.5. The fourth-order valence-electron chi connectivity index (χ4n) is 3.58. The van der Waals surface area contributed by atoms with Gasteiger partial charge in [-0.2, -0.15) is 0 Å². The number of para-hydroxylation sites is 1. The van der Waals surface area contributed by atoms with E-state index in [-0.39, 0.29) is 24.5 Å². The van der Waals surface area contributed by atoms with Gasteiger partial charge in [0.25, 0.3) is 5.91 Å². The number of nitrogens with zero attached hydrogens (tertiary/aromatic N) is 1. The maximum atomic E-state index is 12.8. The van der Waals surface area contributed by atoms with Crippen molar-refractivity contribution in [3.8, 4) is 0 Å². The molecule has 3 rings (SSSR count). The van der Waals surface area contributed by atoms with Crippen LogP contribution >= 0.6 is 0 Å². The number of ether oxygens (including phenoxy) is 1. The van der Waals surface area contributed by atoms with E-state index in [0.29, 0.717) is 12.8 Å². The molecule has 25 heavy (non-hydrogen) atoms. The lowest BCUT2D eigenvalue weighted by Gasteiger charge is -2.34. The minimum absolute atomic E-state index is 0.147. The quantitative estimate of drug-likeness (QED) is 0.831. The maximum Gasteiger partial charge on any atom is 0.329 e. The Balaban J connectivity index is 1.64. The summed E-state index contributed by atoms with van der Waals surface area (Å²) in [4.78, 5) is 37.8. The van der Waals surface area contributed by atoms with E-state index in [2.05, 4.69) is 5.32 Å². The molecule has 1 saturated heterocycles. The minimum Gasteiger partial charge on any atom is -0.454 e. The number of amides is 2. The molecule has 2 amide bonds. The van der Waals surface area contributed by atoms with E-state index in [1.165, 1.54) is 6.42 Å². The van der Waals surface area contributed by atoms with Gasteiger partial charge in [-0.1, -0.05) is 37.5 Å². The third-order valence-corrected chi connectivity index (χ3v) is 4.86. The van der Waals surface area contributed by atoms with Crippen molar-refractivity contribution in [2.24, 2.45) is 0 Å². The molecule has 0 spiro atoms. The fourth-order valence-corrected chi connectivity index (χ4v) is 3.58. The van der Waals surface area contributed by atoms with Crippen molar-refractivity contribution in [3.63, 3.8) is 0 Å². The van der Waals surface area contributed by atoms with Crippen LogP contribution in [0.15, 0.2) is 30.3 Å². The van der Waals surface area contributed by atoms with Gasteiger partial charge < -0.3 is 15.0 Å². The number of carbonyl (C=O) groups is 3. The molecule has 1 aliphatic carbocycles. The van der Waals surface area contributed by atoms with Crippen LogP contribution in [0.4, 0.5) is 5.69 Å². The van der Waals surface area contributed by atoms with E-state index in [4.69, 9.17) is 4.74 Å². The largest absolute Gasteiger partial charge is 0.454 e. The average molecular weight is 344 g/mol. The lowest BCUT2D eigenvalue weighted by molar-refractivity contribution is -0.150. The molecule has 0 unspecified atom stereocenters. The summed E-state index contributed by atoms with van der Waals surface area (Å²) in [6, 6.07) is 9.05. The van der Waals surface area contributed by atoms with E-state index in [1.807, 2.05) is 30.3 Å². The van der Waals surface area contributed by atoms with E-state index in [0.717, 1.165) is 31.4 Å². The third kappa shape index (κ3) is 4.38. The number of nitrogens with one attached hydrogen (secondary N) is 1. The van der Waals surface area contributed by atoms with Crippen LogP contribution in [-0.2, 0) is 19.1 Å². The first-order valence-corrected chi connectivity index (χ1v) is 8.98. The van der Waals surface area contributed by atoms with Crippen molar-refractivity contribution in [1.29, 1.82) is 0 Å². The van der Waals surface area contributed by atoms with Crippen LogP contribution in [0.3, 0.4) is 0 Å². The van der Waals surface area contributed by atoms with Crippen molar-refractivity contribution in [1.82, 2.24) is 5.32 Å². The molecular formula is C19H24N2O4. The van der Waals surface area contributed by atoms with Crippen molar-refractivity contribution >= 4 is 23.5 Å². The molecule has 0 aromatic heterocycles. The Hall–Kier alpha value is -2.37. The van der Waals surface area contributed by atoms with Gasteiger partial charge in [0.15, 0.2) is 6.61 Å². The number of benzene rings is 1. The zero-order valence-corrected chi connectivity index (χ0v) is 14.3. The molecule has 6 heteroatoms. The molecule has 0 bridgehead atoms. The zero-order valence-electron chi connectivity index (χ0n) is 14.3. The lowest BCUT2D eigenvalue weighted by Crippen LogP contribution is -2.44. The number of rotatable bonds is 5. The van der Waals surface area contributed by atoms with Crippen LogP contribution in [0, 0.1) is 0 Å². The predicted octanol–water partition coefficient (Wildman–Crippen LogP) is 2.17. The first kappa shape index (κ1) is 17.5. The van der Waals surface area contributed by atoms with E-state index in [1.54, 1.807) is 4.90 Å². The number of hydrogen-bond donors (Lipinski definition) is 1. The molecule has 1 aromatic rings. The molecule has 1 saturated carbocycles. The SMILES string of the molecule is O=C1CC[C@H](C(=O)OCC(=O)N(c2ccccc2)C2CCCCC2)N1.